The molecular weight excluding hydrogens is 321 g/mol. The lowest BCUT2D eigenvalue weighted by Crippen LogP contribution is -2.50. The standard InChI is InChI=1S/C17H17F3N2O2/c18-12-7-21-6-11-13-3-10(24-14(11)12)8-22(13)15(23)16-2-1-9(4-16)5-17(16,19)20/h6-7,9-10,13H,1-5,8H2/t9?,10-,13-,16-/m0/s1. The van der Waals surface area contributed by atoms with E-state index < -0.39 is 29.1 Å². The molecule has 2 aliphatic carbocycles. The van der Waals surface area contributed by atoms with Crippen molar-refractivity contribution in [3.63, 3.8) is 0 Å². The van der Waals surface area contributed by atoms with E-state index >= 15 is 0 Å². The van der Waals surface area contributed by atoms with Gasteiger partial charge in [-0.1, -0.05) is 0 Å². The van der Waals surface area contributed by atoms with Gasteiger partial charge < -0.3 is 9.64 Å². The van der Waals surface area contributed by atoms with E-state index in [0.717, 1.165) is 6.20 Å². The summed E-state index contributed by atoms with van der Waals surface area (Å²) in [4.78, 5) is 18.5. The SMILES string of the molecule is O=C(N1C[C@@H]2C[C@H]1c1cncc(F)c1O2)[C@@]12CCC(CC1(F)F)C2. The quantitative estimate of drug-likeness (QED) is 0.790. The fourth-order valence-corrected chi connectivity index (χ4v) is 5.21. The second-order valence-electron chi connectivity index (χ2n) is 7.59. The van der Waals surface area contributed by atoms with Crippen molar-refractivity contribution in [1.29, 1.82) is 0 Å². The summed E-state index contributed by atoms with van der Waals surface area (Å²) in [7, 11) is 0. The molecule has 7 heteroatoms. The minimum absolute atomic E-state index is 0.0615. The molecule has 0 aromatic carbocycles. The van der Waals surface area contributed by atoms with Crippen LogP contribution < -0.4 is 4.74 Å². The molecule has 24 heavy (non-hydrogen) atoms. The van der Waals surface area contributed by atoms with Crippen LogP contribution in [-0.2, 0) is 4.79 Å². The van der Waals surface area contributed by atoms with Crippen molar-refractivity contribution in [3.05, 3.63) is 23.8 Å². The lowest BCUT2D eigenvalue weighted by Gasteiger charge is -2.38. The molecule has 4 bridgehead atoms. The van der Waals surface area contributed by atoms with Crippen LogP contribution in [0.3, 0.4) is 0 Å². The molecule has 1 aromatic rings. The van der Waals surface area contributed by atoms with Crippen LogP contribution >= 0.6 is 0 Å². The summed E-state index contributed by atoms with van der Waals surface area (Å²) < 4.78 is 48.7. The van der Waals surface area contributed by atoms with Gasteiger partial charge in [0.1, 0.15) is 11.5 Å². The number of hydrogen-bond donors (Lipinski definition) is 0. The highest BCUT2D eigenvalue weighted by Crippen LogP contribution is 2.64. The van der Waals surface area contributed by atoms with E-state index in [4.69, 9.17) is 4.74 Å². The summed E-state index contributed by atoms with van der Waals surface area (Å²) in [6, 6.07) is -0.417. The van der Waals surface area contributed by atoms with E-state index in [9.17, 15) is 18.0 Å². The molecule has 4 atom stereocenters. The number of nitrogens with zero attached hydrogens (tertiary/aromatic N) is 2. The van der Waals surface area contributed by atoms with Gasteiger partial charge in [0.2, 0.25) is 5.91 Å². The van der Waals surface area contributed by atoms with Crippen LogP contribution in [0, 0.1) is 17.2 Å². The predicted octanol–water partition coefficient (Wildman–Crippen LogP) is 3.08. The fraction of sp³-hybridized carbons (Fsp3) is 0.647. The first-order valence-electron chi connectivity index (χ1n) is 8.40. The van der Waals surface area contributed by atoms with Crippen LogP contribution in [-0.4, -0.2) is 34.4 Å². The Morgan fingerprint density at radius 2 is 2.17 bits per heavy atom. The van der Waals surface area contributed by atoms with Crippen molar-refractivity contribution in [3.8, 4) is 5.75 Å². The number of amides is 1. The van der Waals surface area contributed by atoms with Gasteiger partial charge >= 0.3 is 0 Å². The third-order valence-electron chi connectivity index (χ3n) is 6.32. The summed E-state index contributed by atoms with van der Waals surface area (Å²) in [5, 5.41) is 0. The van der Waals surface area contributed by atoms with Gasteiger partial charge in [-0.25, -0.2) is 13.2 Å². The lowest BCUT2D eigenvalue weighted by molar-refractivity contribution is -0.168. The molecule has 0 spiro atoms. The maximum Gasteiger partial charge on any atom is 0.262 e. The Bertz CT molecular complexity index is 741. The highest BCUT2D eigenvalue weighted by atomic mass is 19.3. The number of fused-ring (bicyclic) bond motifs is 6. The van der Waals surface area contributed by atoms with Crippen LogP contribution in [0.25, 0.3) is 0 Å². The Balaban J connectivity index is 1.54. The summed E-state index contributed by atoms with van der Waals surface area (Å²) in [6.45, 7) is 0.236. The number of pyridine rings is 1. The number of aromatic nitrogens is 1. The summed E-state index contributed by atoms with van der Waals surface area (Å²) >= 11 is 0. The predicted molar refractivity (Wildman–Crippen MR) is 77.0 cm³/mol. The van der Waals surface area contributed by atoms with E-state index in [2.05, 4.69) is 4.98 Å². The third kappa shape index (κ3) is 1.65. The lowest BCUT2D eigenvalue weighted by atomic mass is 9.79. The largest absolute Gasteiger partial charge is 0.485 e. The number of likely N-dealkylation sites (tertiary alicyclic amines) is 1. The number of rotatable bonds is 1. The van der Waals surface area contributed by atoms with Gasteiger partial charge in [0.05, 0.1) is 18.8 Å². The molecule has 1 saturated heterocycles. The van der Waals surface area contributed by atoms with E-state index in [1.165, 1.54) is 11.1 Å². The van der Waals surface area contributed by atoms with Gasteiger partial charge in [-0.15, -0.1) is 0 Å². The van der Waals surface area contributed by atoms with Crippen LogP contribution in [0.15, 0.2) is 12.4 Å². The van der Waals surface area contributed by atoms with E-state index in [1.807, 2.05) is 0 Å². The van der Waals surface area contributed by atoms with Crippen molar-refractivity contribution in [2.45, 2.75) is 50.2 Å². The van der Waals surface area contributed by atoms with Gasteiger partial charge in [-0.3, -0.25) is 9.78 Å². The molecule has 2 aliphatic heterocycles. The van der Waals surface area contributed by atoms with Gasteiger partial charge in [0, 0.05) is 24.6 Å². The minimum Gasteiger partial charge on any atom is -0.485 e. The monoisotopic (exact) mass is 338 g/mol. The smallest absolute Gasteiger partial charge is 0.262 e. The number of ether oxygens (including phenoxy) is 1. The van der Waals surface area contributed by atoms with Crippen LogP contribution in [0.5, 0.6) is 5.75 Å². The number of halogens is 3. The average molecular weight is 338 g/mol. The van der Waals surface area contributed by atoms with Crippen LogP contribution in [0.1, 0.15) is 43.7 Å². The molecule has 4 aliphatic rings. The molecule has 0 N–H and O–H groups in total. The van der Waals surface area contributed by atoms with Crippen molar-refractivity contribution < 1.29 is 22.7 Å². The van der Waals surface area contributed by atoms with Gasteiger partial charge in [-0.2, -0.15) is 0 Å². The fourth-order valence-electron chi connectivity index (χ4n) is 5.21. The van der Waals surface area contributed by atoms with Crippen molar-refractivity contribution in [2.75, 3.05) is 6.54 Å². The van der Waals surface area contributed by atoms with Crippen molar-refractivity contribution in [2.24, 2.45) is 11.3 Å². The Labute approximate surface area is 137 Å². The Morgan fingerprint density at radius 1 is 1.33 bits per heavy atom. The summed E-state index contributed by atoms with van der Waals surface area (Å²) in [5.74, 6) is -3.95. The summed E-state index contributed by atoms with van der Waals surface area (Å²) in [5.41, 5.74) is -1.08. The minimum atomic E-state index is -2.95. The molecule has 0 radical (unpaired) electrons. The van der Waals surface area contributed by atoms with Gasteiger partial charge in [-0.05, 0) is 25.2 Å². The molecule has 1 aromatic heterocycles. The first kappa shape index (κ1) is 14.5. The highest BCUT2D eigenvalue weighted by Gasteiger charge is 2.69. The molecule has 1 unspecified atom stereocenters. The molecule has 4 nitrogen and oxygen atoms in total. The molecule has 128 valence electrons. The van der Waals surface area contributed by atoms with Crippen LogP contribution in [0.2, 0.25) is 0 Å². The Hall–Kier alpha value is -1.79. The topological polar surface area (TPSA) is 42.4 Å². The molecule has 5 rings (SSSR count). The van der Waals surface area contributed by atoms with Crippen molar-refractivity contribution in [1.82, 2.24) is 9.88 Å². The first-order valence-corrected chi connectivity index (χ1v) is 8.40. The molecule has 1 amide bonds. The number of carbonyl (C=O) groups is 1. The molecule has 2 saturated carbocycles. The van der Waals surface area contributed by atoms with E-state index in [-0.39, 0.29) is 43.6 Å². The number of alkyl halides is 2. The zero-order chi connectivity index (χ0) is 16.7. The zero-order valence-electron chi connectivity index (χ0n) is 13.0. The maximum atomic E-state index is 14.6. The number of carbonyl (C=O) groups excluding carboxylic acids is 1. The van der Waals surface area contributed by atoms with Gasteiger partial charge in [0.15, 0.2) is 11.6 Å². The summed E-state index contributed by atoms with van der Waals surface area (Å²) in [6.07, 6.45) is 3.72. The van der Waals surface area contributed by atoms with E-state index in [1.54, 1.807) is 0 Å². The van der Waals surface area contributed by atoms with E-state index in [0.29, 0.717) is 18.4 Å². The molecular formula is C17H17F3N2O2. The van der Waals surface area contributed by atoms with Crippen LogP contribution in [0.4, 0.5) is 13.2 Å². The Kier molecular flexibility index (Phi) is 2.69. The van der Waals surface area contributed by atoms with Gasteiger partial charge in [0.25, 0.3) is 5.92 Å². The second kappa shape index (κ2) is 4.43. The first-order chi connectivity index (χ1) is 11.4. The molecule has 3 fully saturated rings. The molecule has 3 heterocycles. The number of hydrogen-bond acceptors (Lipinski definition) is 3. The average Bonchev–Trinajstić information content (AvgIpc) is 3.18. The second-order valence-corrected chi connectivity index (χ2v) is 7.59. The highest BCUT2D eigenvalue weighted by molar-refractivity contribution is 5.86. The third-order valence-corrected chi connectivity index (χ3v) is 6.32. The maximum absolute atomic E-state index is 14.6. The van der Waals surface area contributed by atoms with Crippen molar-refractivity contribution >= 4 is 5.91 Å². The zero-order valence-corrected chi connectivity index (χ0v) is 13.0. The normalized spacial score (nSPS) is 38.1. The Morgan fingerprint density at radius 3 is 2.88 bits per heavy atom.